The van der Waals surface area contributed by atoms with Crippen molar-refractivity contribution >= 4 is 72.9 Å². The van der Waals surface area contributed by atoms with Gasteiger partial charge in [0.2, 0.25) is 0 Å². The van der Waals surface area contributed by atoms with Gasteiger partial charge in [0.25, 0.3) is 0 Å². The minimum Gasteiger partial charge on any atom is -0.222 e. The third kappa shape index (κ3) is 4.77. The van der Waals surface area contributed by atoms with Crippen molar-refractivity contribution in [3.8, 4) is 0 Å². The molecule has 0 amide bonds. The van der Waals surface area contributed by atoms with Crippen LogP contribution in [0.4, 0.5) is 0 Å². The van der Waals surface area contributed by atoms with Gasteiger partial charge in [-0.1, -0.05) is 0 Å². The summed E-state index contributed by atoms with van der Waals surface area (Å²) >= 11 is 0. The van der Waals surface area contributed by atoms with Crippen molar-refractivity contribution < 1.29 is 0 Å². The zero-order chi connectivity index (χ0) is 8.15. The molecule has 0 saturated heterocycles. The van der Waals surface area contributed by atoms with E-state index < -0.39 is 6.39 Å². The van der Waals surface area contributed by atoms with Gasteiger partial charge in [-0.25, -0.2) is 8.34 Å². The Morgan fingerprint density at radius 1 is 1.10 bits per heavy atom. The van der Waals surface area contributed by atoms with E-state index in [1.54, 1.807) is 0 Å². The molecule has 0 aromatic carbocycles. The molecule has 0 nitrogen and oxygen atoms in total. The molecule has 0 heterocycles. The minimum absolute atomic E-state index is 0.0694. The second-order valence-corrected chi connectivity index (χ2v) is 3.65. The van der Waals surface area contributed by atoms with Crippen LogP contribution in [0.15, 0.2) is 0 Å². The summed E-state index contributed by atoms with van der Waals surface area (Å²) in [5.74, 6) is 0. The lowest BCUT2D eigenvalue weighted by molar-refractivity contribution is 3.72. The van der Waals surface area contributed by atoms with E-state index in [-0.39, 0.29) is 20.8 Å². The molecule has 0 spiro atoms. The van der Waals surface area contributed by atoms with Gasteiger partial charge in [-0.2, -0.15) is 0 Å². The Morgan fingerprint density at radius 3 is 1.70 bits per heavy atom. The lowest BCUT2D eigenvalue weighted by atomic mass is 8.90. The first kappa shape index (κ1) is 11.0. The molecule has 0 aliphatic carbocycles. The molecular formula is HB9P. The maximum atomic E-state index is 5.36. The first-order valence-corrected chi connectivity index (χ1v) is 4.07. The third-order valence-electron chi connectivity index (χ3n) is 1.01. The van der Waals surface area contributed by atoms with Crippen LogP contribution >= 0.6 is 8.34 Å². The van der Waals surface area contributed by atoms with Crippen LogP contribution in [0.5, 0.6) is 0 Å². The topological polar surface area (TPSA) is 0 Å². The van der Waals surface area contributed by atoms with Crippen LogP contribution in [0, 0.1) is 0 Å². The fourth-order valence-corrected chi connectivity index (χ4v) is 1.29. The van der Waals surface area contributed by atoms with Gasteiger partial charge in [0.15, 0.2) is 0 Å². The van der Waals surface area contributed by atoms with E-state index in [4.69, 9.17) is 38.7 Å². The molecule has 0 aromatic rings. The van der Waals surface area contributed by atoms with Crippen molar-refractivity contribution in [2.75, 3.05) is 0 Å². The van der Waals surface area contributed by atoms with E-state index in [2.05, 4.69) is 0 Å². The van der Waals surface area contributed by atoms with Gasteiger partial charge >= 0.3 is 0 Å². The Labute approximate surface area is 73.3 Å². The summed E-state index contributed by atoms with van der Waals surface area (Å²) in [6.07, 6.45) is -0.905. The van der Waals surface area contributed by atoms with Crippen LogP contribution in [-0.4, -0.2) is 64.6 Å². The quantitative estimate of drug-likeness (QED) is 0.283. The van der Waals surface area contributed by atoms with Crippen molar-refractivity contribution in [3.63, 3.8) is 0 Å². The summed E-state index contributed by atoms with van der Waals surface area (Å²) in [6.45, 7) is 0. The summed E-state index contributed by atoms with van der Waals surface area (Å²) in [5.41, 5.74) is 0. The summed E-state index contributed by atoms with van der Waals surface area (Å²) in [5, 5.41) is 0. The standard InChI is InChI=1S/B9HP/c1-6-9(7(2)3)10-8(4)5/h10H. The van der Waals surface area contributed by atoms with Gasteiger partial charge in [0.1, 0.15) is 0 Å². The van der Waals surface area contributed by atoms with Crippen LogP contribution in [0.2, 0.25) is 0 Å². The molecule has 10 heavy (non-hydrogen) atoms. The monoisotopic (exact) mass is 131 g/mol. The molecule has 11 radical (unpaired) electrons. The Bertz CT molecular complexity index is 76.8. The average Bonchev–Trinajstić information content (AvgIpc) is 1.81. The van der Waals surface area contributed by atoms with Crippen molar-refractivity contribution in [1.82, 2.24) is 0 Å². The van der Waals surface area contributed by atoms with Crippen LogP contribution in [0.25, 0.3) is 0 Å². The van der Waals surface area contributed by atoms with Gasteiger partial charge in [0, 0.05) is 52.1 Å². The van der Waals surface area contributed by atoms with Gasteiger partial charge < -0.3 is 0 Å². The molecule has 33 valence electrons. The fraction of sp³-hybridized carbons (Fsp3) is 0. The molecule has 0 aliphatic heterocycles. The predicted molar refractivity (Wildman–Crippen MR) is 60.1 cm³/mol. The molecular weight excluding hydrogens is 128 g/mol. The van der Waals surface area contributed by atoms with E-state index in [1.807, 2.05) is 0 Å². The average molecular weight is 129 g/mol. The normalized spacial score (nSPS) is 9.60. The molecule has 0 fully saturated rings. The van der Waals surface area contributed by atoms with Crippen LogP contribution in [0.3, 0.4) is 0 Å². The van der Waals surface area contributed by atoms with Gasteiger partial charge in [0.05, 0.1) is 12.4 Å². The Balaban J connectivity index is 3.60. The molecule has 0 aromatic heterocycles. The maximum absolute atomic E-state index is 5.36. The second kappa shape index (κ2) is 5.64. The highest BCUT2D eigenvalue weighted by atomic mass is 31.1. The van der Waals surface area contributed by atoms with E-state index >= 15 is 0 Å². The molecule has 0 rings (SSSR count). The molecule has 1 atom stereocenters. The molecule has 0 saturated carbocycles. The largest absolute Gasteiger partial charge is 0.222 e. The lowest BCUT2D eigenvalue weighted by Gasteiger charge is -2.16. The van der Waals surface area contributed by atoms with Gasteiger partial charge in [-0.15, -0.1) is 0 Å². The van der Waals surface area contributed by atoms with E-state index in [0.29, 0.717) is 0 Å². The van der Waals surface area contributed by atoms with Gasteiger partial charge in [-0.3, -0.25) is 0 Å². The summed E-state index contributed by atoms with van der Waals surface area (Å²) in [4.78, 5) is 0. The van der Waals surface area contributed by atoms with Crippen LogP contribution < -0.4 is 0 Å². The van der Waals surface area contributed by atoms with Crippen LogP contribution in [-0.2, 0) is 0 Å². The summed E-state index contributed by atoms with van der Waals surface area (Å²) < 4.78 is 0. The SMILES string of the molecule is [B][B]B(PB([B])[B])B([B])[B]. The fourth-order valence-electron chi connectivity index (χ4n) is 0.517. The number of hydrogen-bond acceptors (Lipinski definition) is 0. The smallest absolute Gasteiger partial charge is 0.0602 e. The highest BCUT2D eigenvalue weighted by Crippen LogP contribution is 2.13. The van der Waals surface area contributed by atoms with Crippen molar-refractivity contribution in [2.24, 2.45) is 0 Å². The Morgan fingerprint density at radius 2 is 1.60 bits per heavy atom. The van der Waals surface area contributed by atoms with Crippen molar-refractivity contribution in [3.05, 3.63) is 0 Å². The van der Waals surface area contributed by atoms with E-state index in [9.17, 15) is 0 Å². The first-order chi connectivity index (χ1) is 4.57. The molecule has 0 bridgehead atoms. The van der Waals surface area contributed by atoms with Crippen molar-refractivity contribution in [2.45, 2.75) is 0 Å². The molecule has 10 heteroatoms. The predicted octanol–water partition coefficient (Wildman–Crippen LogP) is -2.83. The van der Waals surface area contributed by atoms with Crippen LogP contribution in [0.1, 0.15) is 0 Å². The summed E-state index contributed by atoms with van der Waals surface area (Å²) in [6, 6.07) is 0. The summed E-state index contributed by atoms with van der Waals surface area (Å²) in [7, 11) is 28.3. The highest BCUT2D eigenvalue weighted by molar-refractivity contribution is 8.24. The Hall–Kier alpha value is 1.01. The highest BCUT2D eigenvalue weighted by Gasteiger charge is 2.16. The molecule has 1 unspecified atom stereocenters. The lowest BCUT2D eigenvalue weighted by Crippen LogP contribution is -2.41. The minimum atomic E-state index is -0.460. The maximum Gasteiger partial charge on any atom is 0.0602 e. The zero-order valence-electron chi connectivity index (χ0n) is 5.70. The van der Waals surface area contributed by atoms with E-state index in [0.717, 1.165) is 0 Å². The van der Waals surface area contributed by atoms with Crippen molar-refractivity contribution in [1.29, 1.82) is 0 Å². The molecule has 0 N–H and O–H groups in total. The third-order valence-corrected chi connectivity index (χ3v) is 2.35. The second-order valence-electron chi connectivity index (χ2n) is 1.99. The molecule has 0 aliphatic rings. The zero-order valence-corrected chi connectivity index (χ0v) is 6.70. The number of hydrogen-bond donors (Lipinski definition) is 0. The number of rotatable bonds is 4. The Kier molecular flexibility index (Phi) is 6.21. The first-order valence-electron chi connectivity index (χ1n) is 2.91. The van der Waals surface area contributed by atoms with E-state index in [1.165, 1.54) is 7.06 Å². The van der Waals surface area contributed by atoms with Gasteiger partial charge in [-0.05, 0) is 0 Å².